The summed E-state index contributed by atoms with van der Waals surface area (Å²) in [5.41, 5.74) is -0.0422. The second kappa shape index (κ2) is 9.05. The molecule has 3 amide bonds. The van der Waals surface area contributed by atoms with Gasteiger partial charge in [0.25, 0.3) is 11.8 Å². The summed E-state index contributed by atoms with van der Waals surface area (Å²) in [6.45, 7) is 3.43. The van der Waals surface area contributed by atoms with Gasteiger partial charge in [-0.1, -0.05) is 30.3 Å². The Labute approximate surface area is 196 Å². The molecule has 0 radical (unpaired) electrons. The van der Waals surface area contributed by atoms with Gasteiger partial charge in [0.1, 0.15) is 5.75 Å². The van der Waals surface area contributed by atoms with E-state index in [1.807, 2.05) is 0 Å². The maximum atomic E-state index is 16.0. The van der Waals surface area contributed by atoms with Gasteiger partial charge in [-0.15, -0.1) is 0 Å². The molecular formula is C26H24FN3O4. The van der Waals surface area contributed by atoms with Crippen molar-refractivity contribution in [3.8, 4) is 5.75 Å². The molecule has 8 heteroatoms. The average Bonchev–Trinajstić information content (AvgIpc) is 3.10. The van der Waals surface area contributed by atoms with Gasteiger partial charge in [-0.25, -0.2) is 4.39 Å². The minimum absolute atomic E-state index is 0.133. The van der Waals surface area contributed by atoms with Gasteiger partial charge in [0.2, 0.25) is 5.91 Å². The van der Waals surface area contributed by atoms with Crippen LogP contribution >= 0.6 is 0 Å². The molecule has 2 aromatic carbocycles. The molecule has 1 aliphatic rings. The van der Waals surface area contributed by atoms with Crippen LogP contribution in [0.25, 0.3) is 0 Å². The molecule has 1 aromatic heterocycles. The van der Waals surface area contributed by atoms with Crippen LogP contribution < -0.4 is 10.1 Å². The van der Waals surface area contributed by atoms with Crippen LogP contribution in [0.4, 0.5) is 4.39 Å². The molecule has 3 aromatic rings. The fourth-order valence-electron chi connectivity index (χ4n) is 3.99. The van der Waals surface area contributed by atoms with Gasteiger partial charge in [-0.05, 0) is 55.8 Å². The summed E-state index contributed by atoms with van der Waals surface area (Å²) in [5, 5.41) is 2.78. The van der Waals surface area contributed by atoms with E-state index < -0.39 is 35.5 Å². The minimum atomic E-state index is -1.98. The van der Waals surface area contributed by atoms with Crippen molar-refractivity contribution >= 4 is 17.7 Å². The van der Waals surface area contributed by atoms with Gasteiger partial charge in [0.05, 0.1) is 29.5 Å². The van der Waals surface area contributed by atoms with Crippen LogP contribution in [0.1, 0.15) is 52.0 Å². The number of alkyl halides is 1. The quantitative estimate of drug-likeness (QED) is 0.541. The Hall–Kier alpha value is -4.07. The Kier molecular flexibility index (Phi) is 6.15. The number of pyridine rings is 1. The van der Waals surface area contributed by atoms with E-state index in [1.54, 1.807) is 62.5 Å². The molecule has 4 rings (SSSR count). The fraction of sp³-hybridized carbons (Fsp3) is 0.231. The van der Waals surface area contributed by atoms with Crippen molar-refractivity contribution in [2.24, 2.45) is 0 Å². The number of nitrogens with one attached hydrogen (secondary N) is 1. The number of carbonyl (C=O) groups is 3. The van der Waals surface area contributed by atoms with Crippen LogP contribution in [0.2, 0.25) is 0 Å². The monoisotopic (exact) mass is 461 g/mol. The normalized spacial score (nSPS) is 15.0. The molecule has 0 bridgehead atoms. The van der Waals surface area contributed by atoms with E-state index in [1.165, 1.54) is 31.4 Å². The molecule has 2 heterocycles. The van der Waals surface area contributed by atoms with Crippen LogP contribution in [0.15, 0.2) is 72.9 Å². The van der Waals surface area contributed by atoms with Gasteiger partial charge in [0, 0.05) is 6.20 Å². The lowest BCUT2D eigenvalue weighted by Crippen LogP contribution is -2.55. The number of benzene rings is 2. The second-order valence-corrected chi connectivity index (χ2v) is 8.47. The highest BCUT2D eigenvalue weighted by Gasteiger charge is 2.47. The van der Waals surface area contributed by atoms with Gasteiger partial charge >= 0.3 is 0 Å². The molecule has 2 atom stereocenters. The number of ether oxygens (including phenoxy) is 1. The van der Waals surface area contributed by atoms with E-state index >= 15 is 4.39 Å². The number of carbonyl (C=O) groups excluding carboxylic acids is 3. The number of hydrogen-bond donors (Lipinski definition) is 1. The van der Waals surface area contributed by atoms with Crippen LogP contribution in [0.5, 0.6) is 5.75 Å². The van der Waals surface area contributed by atoms with Crippen LogP contribution in [-0.2, 0) is 10.3 Å². The summed E-state index contributed by atoms with van der Waals surface area (Å²) >= 11 is 0. The molecule has 1 aliphatic heterocycles. The van der Waals surface area contributed by atoms with Gasteiger partial charge in [0.15, 0.2) is 12.2 Å². The number of rotatable bonds is 7. The van der Waals surface area contributed by atoms with Crippen molar-refractivity contribution in [3.63, 3.8) is 0 Å². The van der Waals surface area contributed by atoms with Crippen molar-refractivity contribution < 1.29 is 23.5 Å². The predicted octanol–water partition coefficient (Wildman–Crippen LogP) is 3.82. The topological polar surface area (TPSA) is 88.6 Å². The first kappa shape index (κ1) is 23.1. The highest BCUT2D eigenvalue weighted by Crippen LogP contribution is 2.33. The Bertz CT molecular complexity index is 1190. The summed E-state index contributed by atoms with van der Waals surface area (Å²) in [6, 6.07) is 15.7. The molecular weight excluding hydrogens is 437 g/mol. The molecule has 0 fully saturated rings. The predicted molar refractivity (Wildman–Crippen MR) is 123 cm³/mol. The number of nitrogens with zero attached hydrogens (tertiary/aromatic N) is 2. The molecule has 174 valence electrons. The third kappa shape index (κ3) is 4.14. The zero-order valence-corrected chi connectivity index (χ0v) is 19.0. The molecule has 0 saturated heterocycles. The first-order chi connectivity index (χ1) is 16.2. The number of fused-ring (bicyclic) bond motifs is 1. The number of amides is 3. The van der Waals surface area contributed by atoms with E-state index in [-0.39, 0.29) is 16.7 Å². The van der Waals surface area contributed by atoms with Crippen molar-refractivity contribution in [1.82, 2.24) is 15.2 Å². The standard InChI is InChI=1S/C26H24FN3O4/c1-26(2,20-10-6-7-15-28-20)29-23(31)22(21(27)16-11-13-17(34-3)14-12-16)30-24(32)18-8-4-5-9-19(18)25(30)33/h4-15,21-22H,1-3H3,(H,29,31)/t21-,22-/m0/s1. The van der Waals surface area contributed by atoms with Crippen molar-refractivity contribution in [3.05, 3.63) is 95.3 Å². The Morgan fingerprint density at radius 3 is 2.09 bits per heavy atom. The number of methoxy groups -OCH3 is 1. The van der Waals surface area contributed by atoms with Crippen molar-refractivity contribution in [1.29, 1.82) is 0 Å². The number of halogens is 1. The lowest BCUT2D eigenvalue weighted by atomic mass is 9.96. The molecule has 7 nitrogen and oxygen atoms in total. The summed E-state index contributed by atoms with van der Waals surface area (Å²) in [5.74, 6) is -1.73. The summed E-state index contributed by atoms with van der Waals surface area (Å²) in [6.07, 6.45) is -0.395. The van der Waals surface area contributed by atoms with Gasteiger partial charge < -0.3 is 10.1 Å². The molecule has 0 aliphatic carbocycles. The van der Waals surface area contributed by atoms with Crippen LogP contribution in [0.3, 0.4) is 0 Å². The van der Waals surface area contributed by atoms with Crippen molar-refractivity contribution in [2.45, 2.75) is 31.6 Å². The van der Waals surface area contributed by atoms with Crippen molar-refractivity contribution in [2.75, 3.05) is 7.11 Å². The molecule has 0 spiro atoms. The lowest BCUT2D eigenvalue weighted by Gasteiger charge is -2.33. The van der Waals surface area contributed by atoms with Gasteiger partial charge in [-0.3, -0.25) is 24.3 Å². The summed E-state index contributed by atoms with van der Waals surface area (Å²) in [7, 11) is 1.48. The third-order valence-electron chi connectivity index (χ3n) is 5.82. The zero-order valence-electron chi connectivity index (χ0n) is 19.0. The van der Waals surface area contributed by atoms with Crippen LogP contribution in [0, 0.1) is 0 Å². The lowest BCUT2D eigenvalue weighted by molar-refractivity contribution is -0.129. The summed E-state index contributed by atoms with van der Waals surface area (Å²) < 4.78 is 21.1. The van der Waals surface area contributed by atoms with E-state index in [0.29, 0.717) is 16.3 Å². The maximum absolute atomic E-state index is 16.0. The first-order valence-electron chi connectivity index (χ1n) is 10.7. The maximum Gasteiger partial charge on any atom is 0.262 e. The molecule has 1 N–H and O–H groups in total. The molecule has 0 saturated carbocycles. The van der Waals surface area contributed by atoms with Gasteiger partial charge in [-0.2, -0.15) is 0 Å². The van der Waals surface area contributed by atoms with E-state index in [2.05, 4.69) is 10.3 Å². The SMILES string of the molecule is COc1ccc([C@H](F)[C@@H](C(=O)NC(C)(C)c2ccccn2)N2C(=O)c3ccccc3C2=O)cc1. The number of aromatic nitrogens is 1. The Morgan fingerprint density at radius 1 is 0.971 bits per heavy atom. The van der Waals surface area contributed by atoms with E-state index in [4.69, 9.17) is 4.74 Å². The summed E-state index contributed by atoms with van der Waals surface area (Å²) in [4.78, 5) is 44.8. The molecule has 34 heavy (non-hydrogen) atoms. The number of hydrogen-bond acceptors (Lipinski definition) is 5. The van der Waals surface area contributed by atoms with E-state index in [9.17, 15) is 14.4 Å². The van der Waals surface area contributed by atoms with Crippen LogP contribution in [-0.4, -0.2) is 40.8 Å². The Morgan fingerprint density at radius 2 is 1.56 bits per heavy atom. The number of imide groups is 1. The average molecular weight is 461 g/mol. The fourth-order valence-corrected chi connectivity index (χ4v) is 3.99. The highest BCUT2D eigenvalue weighted by molar-refractivity contribution is 6.23. The second-order valence-electron chi connectivity index (χ2n) is 8.47. The zero-order chi connectivity index (χ0) is 24.5. The largest absolute Gasteiger partial charge is 0.497 e. The molecule has 0 unspecified atom stereocenters. The third-order valence-corrected chi connectivity index (χ3v) is 5.82. The minimum Gasteiger partial charge on any atom is -0.497 e. The first-order valence-corrected chi connectivity index (χ1v) is 10.7. The Balaban J connectivity index is 1.73. The smallest absolute Gasteiger partial charge is 0.262 e. The highest BCUT2D eigenvalue weighted by atomic mass is 19.1. The van der Waals surface area contributed by atoms with E-state index in [0.717, 1.165) is 0 Å².